The molecule has 1 rings (SSSR count). The average molecular weight is 288 g/mol. The molecule has 0 aliphatic carbocycles. The maximum atomic E-state index is 12.9. The number of carbonyl (C=O) groups is 2. The predicted octanol–water partition coefficient (Wildman–Crippen LogP) is 2.30. The monoisotopic (exact) mass is 287 g/mol. The summed E-state index contributed by atoms with van der Waals surface area (Å²) < 4.78 is 13.1. The molecule has 1 amide bonds. The Morgan fingerprint density at radius 1 is 1.44 bits per heavy atom. The van der Waals surface area contributed by atoms with Gasteiger partial charge in [-0.1, -0.05) is 0 Å². The summed E-state index contributed by atoms with van der Waals surface area (Å²) in [7, 11) is 0. The van der Waals surface area contributed by atoms with Crippen LogP contribution in [0.4, 0.5) is 4.39 Å². The van der Waals surface area contributed by atoms with Crippen LogP contribution in [0.1, 0.15) is 24.2 Å². The molecule has 0 saturated carbocycles. The Morgan fingerprint density at radius 3 is 2.56 bits per heavy atom. The van der Waals surface area contributed by atoms with E-state index >= 15 is 0 Å². The van der Waals surface area contributed by atoms with Crippen LogP contribution >= 0.6 is 15.9 Å². The number of benzene rings is 1. The molecule has 0 fully saturated rings. The van der Waals surface area contributed by atoms with E-state index in [1.165, 1.54) is 25.1 Å². The lowest BCUT2D eigenvalue weighted by Gasteiger charge is -2.10. The van der Waals surface area contributed by atoms with E-state index in [4.69, 9.17) is 0 Å². The van der Waals surface area contributed by atoms with Gasteiger partial charge < -0.3 is 5.32 Å². The van der Waals surface area contributed by atoms with E-state index in [2.05, 4.69) is 21.2 Å². The minimum atomic E-state index is -0.545. The molecule has 5 heteroatoms. The smallest absolute Gasteiger partial charge is 0.251 e. The number of amides is 1. The molecule has 0 saturated heterocycles. The quantitative estimate of drug-likeness (QED) is 0.927. The topological polar surface area (TPSA) is 46.2 Å². The number of Topliss-reactive ketones (excluding diaryl/α,β-unsaturated/α-hetero) is 1. The standard InChI is InChI=1S/C11H11BrFNO2/c1-6(7(2)15)14-11(16)8-3-4-10(13)9(12)5-8/h3-6H,1-2H3,(H,14,16). The molecule has 1 unspecified atom stereocenters. The first-order chi connectivity index (χ1) is 7.41. The largest absolute Gasteiger partial charge is 0.343 e. The molecule has 1 atom stereocenters. The zero-order chi connectivity index (χ0) is 12.3. The Morgan fingerprint density at radius 2 is 2.06 bits per heavy atom. The minimum Gasteiger partial charge on any atom is -0.343 e. The third kappa shape index (κ3) is 3.13. The third-order valence-electron chi connectivity index (χ3n) is 2.14. The van der Waals surface area contributed by atoms with Crippen molar-refractivity contribution in [2.24, 2.45) is 0 Å². The highest BCUT2D eigenvalue weighted by atomic mass is 79.9. The van der Waals surface area contributed by atoms with Gasteiger partial charge >= 0.3 is 0 Å². The van der Waals surface area contributed by atoms with E-state index in [0.717, 1.165) is 0 Å². The summed E-state index contributed by atoms with van der Waals surface area (Å²) in [5.74, 6) is -0.964. The van der Waals surface area contributed by atoms with Crippen molar-refractivity contribution in [1.29, 1.82) is 0 Å². The molecule has 3 nitrogen and oxygen atoms in total. The van der Waals surface area contributed by atoms with Crippen LogP contribution in [0, 0.1) is 5.82 Å². The van der Waals surface area contributed by atoms with Crippen LogP contribution in [-0.2, 0) is 4.79 Å². The number of ketones is 1. The Bertz CT molecular complexity index is 434. The molecule has 1 N–H and O–H groups in total. The number of rotatable bonds is 3. The lowest BCUT2D eigenvalue weighted by molar-refractivity contribution is -0.118. The summed E-state index contributed by atoms with van der Waals surface area (Å²) in [6, 6.07) is 3.38. The zero-order valence-corrected chi connectivity index (χ0v) is 10.5. The lowest BCUT2D eigenvalue weighted by Crippen LogP contribution is -2.37. The van der Waals surface area contributed by atoms with Gasteiger partial charge in [0.15, 0.2) is 5.78 Å². The second-order valence-corrected chi connectivity index (χ2v) is 4.29. The van der Waals surface area contributed by atoms with Gasteiger partial charge in [0, 0.05) is 5.56 Å². The van der Waals surface area contributed by atoms with Crippen molar-refractivity contribution in [3.63, 3.8) is 0 Å². The lowest BCUT2D eigenvalue weighted by atomic mass is 10.2. The normalized spacial score (nSPS) is 12.0. The molecule has 0 aliphatic heterocycles. The van der Waals surface area contributed by atoms with E-state index in [-0.39, 0.29) is 10.3 Å². The van der Waals surface area contributed by atoms with Crippen LogP contribution in [0.5, 0.6) is 0 Å². The van der Waals surface area contributed by atoms with Crippen LogP contribution in [0.15, 0.2) is 22.7 Å². The van der Waals surface area contributed by atoms with Gasteiger partial charge in [-0.15, -0.1) is 0 Å². The first-order valence-electron chi connectivity index (χ1n) is 4.68. The van der Waals surface area contributed by atoms with Crippen LogP contribution in [-0.4, -0.2) is 17.7 Å². The van der Waals surface area contributed by atoms with Crippen LogP contribution < -0.4 is 5.32 Å². The highest BCUT2D eigenvalue weighted by Gasteiger charge is 2.13. The van der Waals surface area contributed by atoms with Gasteiger partial charge in [0.2, 0.25) is 0 Å². The van der Waals surface area contributed by atoms with Gasteiger partial charge in [-0.05, 0) is 48.0 Å². The Balaban J connectivity index is 2.81. The molecule has 86 valence electrons. The maximum Gasteiger partial charge on any atom is 0.251 e. The third-order valence-corrected chi connectivity index (χ3v) is 2.75. The van der Waals surface area contributed by atoms with Crippen molar-refractivity contribution >= 4 is 27.6 Å². The molecular weight excluding hydrogens is 277 g/mol. The van der Waals surface area contributed by atoms with Gasteiger partial charge in [-0.25, -0.2) is 4.39 Å². The maximum absolute atomic E-state index is 12.9. The van der Waals surface area contributed by atoms with Gasteiger partial charge in [-0.2, -0.15) is 0 Å². The van der Waals surface area contributed by atoms with Gasteiger partial charge in [0.05, 0.1) is 10.5 Å². The molecule has 0 radical (unpaired) electrons. The molecule has 1 aromatic rings. The summed E-state index contributed by atoms with van der Waals surface area (Å²) >= 11 is 2.99. The van der Waals surface area contributed by atoms with Crippen LogP contribution in [0.3, 0.4) is 0 Å². The summed E-state index contributed by atoms with van der Waals surface area (Å²) in [5, 5.41) is 2.51. The van der Waals surface area contributed by atoms with Crippen molar-refractivity contribution in [1.82, 2.24) is 5.32 Å². The molecule has 1 aromatic carbocycles. The van der Waals surface area contributed by atoms with E-state index in [1.54, 1.807) is 6.92 Å². The molecule has 0 aliphatic rings. The number of halogens is 2. The average Bonchev–Trinajstić information content (AvgIpc) is 2.21. The summed E-state index contributed by atoms with van der Waals surface area (Å²) in [5.41, 5.74) is 0.307. The van der Waals surface area contributed by atoms with Crippen LogP contribution in [0.25, 0.3) is 0 Å². The van der Waals surface area contributed by atoms with E-state index in [0.29, 0.717) is 5.56 Å². The fourth-order valence-corrected chi connectivity index (χ4v) is 1.40. The van der Waals surface area contributed by atoms with Crippen molar-refractivity contribution in [2.75, 3.05) is 0 Å². The Kier molecular flexibility index (Phi) is 4.18. The second kappa shape index (κ2) is 5.21. The van der Waals surface area contributed by atoms with E-state index in [9.17, 15) is 14.0 Å². The van der Waals surface area contributed by atoms with Crippen LogP contribution in [0.2, 0.25) is 0 Å². The predicted molar refractivity (Wildman–Crippen MR) is 61.7 cm³/mol. The fourth-order valence-electron chi connectivity index (χ4n) is 1.02. The number of carbonyl (C=O) groups excluding carboxylic acids is 2. The summed E-state index contributed by atoms with van der Waals surface area (Å²) in [6.07, 6.45) is 0. The SMILES string of the molecule is CC(=O)C(C)NC(=O)c1ccc(F)c(Br)c1. The Labute approximate surface area is 101 Å². The fraction of sp³-hybridized carbons (Fsp3) is 0.273. The van der Waals surface area contributed by atoms with E-state index < -0.39 is 17.8 Å². The van der Waals surface area contributed by atoms with Gasteiger partial charge in [0.25, 0.3) is 5.91 Å². The summed E-state index contributed by atoms with van der Waals surface area (Å²) in [4.78, 5) is 22.6. The van der Waals surface area contributed by atoms with E-state index in [1.807, 2.05) is 0 Å². The molecule has 16 heavy (non-hydrogen) atoms. The first-order valence-corrected chi connectivity index (χ1v) is 5.47. The molecule has 0 aromatic heterocycles. The number of hydrogen-bond acceptors (Lipinski definition) is 2. The minimum absolute atomic E-state index is 0.130. The second-order valence-electron chi connectivity index (χ2n) is 3.43. The molecular formula is C11H11BrFNO2. The molecule has 0 spiro atoms. The molecule has 0 bridgehead atoms. The zero-order valence-electron chi connectivity index (χ0n) is 8.88. The van der Waals surface area contributed by atoms with Crippen molar-refractivity contribution in [3.8, 4) is 0 Å². The van der Waals surface area contributed by atoms with Crippen molar-refractivity contribution in [2.45, 2.75) is 19.9 Å². The van der Waals surface area contributed by atoms with Crippen molar-refractivity contribution < 1.29 is 14.0 Å². The Hall–Kier alpha value is -1.23. The number of nitrogens with one attached hydrogen (secondary N) is 1. The van der Waals surface area contributed by atoms with Crippen molar-refractivity contribution in [3.05, 3.63) is 34.1 Å². The summed E-state index contributed by atoms with van der Waals surface area (Å²) in [6.45, 7) is 2.99. The number of hydrogen-bond donors (Lipinski definition) is 1. The highest BCUT2D eigenvalue weighted by Crippen LogP contribution is 2.16. The van der Waals surface area contributed by atoms with Gasteiger partial charge in [0.1, 0.15) is 5.82 Å². The van der Waals surface area contributed by atoms with Gasteiger partial charge in [-0.3, -0.25) is 9.59 Å². The highest BCUT2D eigenvalue weighted by molar-refractivity contribution is 9.10. The molecule has 0 heterocycles. The first kappa shape index (κ1) is 12.8.